The third-order valence-electron chi connectivity index (χ3n) is 23.9. The Bertz CT molecular complexity index is 6030. The molecule has 0 aliphatic heterocycles. The summed E-state index contributed by atoms with van der Waals surface area (Å²) >= 11 is 0. The van der Waals surface area contributed by atoms with Crippen molar-refractivity contribution in [2.24, 2.45) is 0 Å². The number of para-hydroxylation sites is 3. The molecule has 0 fully saturated rings. The van der Waals surface area contributed by atoms with Crippen LogP contribution in [0.5, 0.6) is 0 Å². The summed E-state index contributed by atoms with van der Waals surface area (Å²) in [6.07, 6.45) is 0. The highest BCUT2D eigenvalue weighted by Gasteiger charge is 2.51. The number of fused-ring (bicyclic) bond motifs is 31. The Hall–Kier alpha value is -10.2. The van der Waals surface area contributed by atoms with Crippen molar-refractivity contribution in [2.75, 3.05) is 4.90 Å². The molecule has 5 aliphatic carbocycles. The molecule has 0 bridgehead atoms. The summed E-state index contributed by atoms with van der Waals surface area (Å²) in [5, 5.41) is 7.07. The van der Waals surface area contributed by atoms with Crippen molar-refractivity contribution < 1.29 is 13.3 Å². The standard InChI is InChI=1S/C91H73NO3/c1-86(2,3)49-36-34-48(35-37-49)61-47-67-71(74-58-26-16-21-31-68(58)93-83(61)74)55-41-38-50(44-64(55)87(67,4)5)92(51-39-42-56-65(45-51)90(10,11)80-73(56)76-60-28-18-23-33-70(60)94-84(76)77-54-25-15-20-30-63(54)89(8,9)81(77)80)52-40-43-57-66(46-52)91(12,13)82-78(57)85-75(59-27-17-22-32-69(59)95-85)72-53-24-14-19-29-62(53)88(6,7)79(72)82/h14-47H,1-13H3. The van der Waals surface area contributed by atoms with Gasteiger partial charge in [-0.3, -0.25) is 0 Å². The third kappa shape index (κ3) is 6.78. The zero-order valence-corrected chi connectivity index (χ0v) is 56.3. The van der Waals surface area contributed by atoms with Crippen LogP contribution < -0.4 is 4.90 Å². The molecule has 5 aliphatic rings. The number of nitrogens with zero attached hydrogens (tertiary/aromatic N) is 1. The largest absolute Gasteiger partial charge is 0.455 e. The van der Waals surface area contributed by atoms with Gasteiger partial charge in [0.25, 0.3) is 0 Å². The molecule has 15 aromatic rings. The molecule has 0 saturated carbocycles. The van der Waals surface area contributed by atoms with Gasteiger partial charge in [0.05, 0.1) is 0 Å². The lowest BCUT2D eigenvalue weighted by molar-refractivity contribution is 0.590. The SMILES string of the molecule is CC(C)(C)c1ccc(-c2cc3c(c4c2oc2ccccc24)-c2ccc(N(c4ccc5c(c4)C(C)(C)c4c6c(c7c(oc8ccccc87)c4-5)-c4ccccc4C6(C)C)c4ccc5c(c4)C(C)(C)c4c6c(c7oc8ccccc8c7c4-5)-c4ccccc4C6(C)C)cc2C3(C)C)cc1. The molecular formula is C91H73NO3. The van der Waals surface area contributed by atoms with E-state index in [1.54, 1.807) is 0 Å². The Balaban J connectivity index is 0.829. The van der Waals surface area contributed by atoms with Crippen LogP contribution in [0.25, 0.3) is 133 Å². The minimum atomic E-state index is -0.418. The average molecular weight is 1230 g/mol. The number of anilines is 3. The second kappa shape index (κ2) is 17.8. The van der Waals surface area contributed by atoms with Crippen molar-refractivity contribution in [1.82, 2.24) is 0 Å². The van der Waals surface area contributed by atoms with E-state index in [-0.39, 0.29) is 16.2 Å². The van der Waals surface area contributed by atoms with Gasteiger partial charge in [-0.05, 0) is 177 Å². The fourth-order valence-corrected chi connectivity index (χ4v) is 19.3. The van der Waals surface area contributed by atoms with Crippen LogP contribution in [-0.4, -0.2) is 0 Å². The zero-order chi connectivity index (χ0) is 64.7. The van der Waals surface area contributed by atoms with Gasteiger partial charge in [-0.25, -0.2) is 0 Å². The van der Waals surface area contributed by atoms with Crippen LogP contribution in [0.2, 0.25) is 0 Å². The van der Waals surface area contributed by atoms with Crippen molar-refractivity contribution >= 4 is 82.9 Å². The second-order valence-electron chi connectivity index (χ2n) is 31.8. The maximum atomic E-state index is 7.22. The van der Waals surface area contributed by atoms with Gasteiger partial charge in [0.2, 0.25) is 0 Å². The molecule has 20 rings (SSSR count). The molecule has 95 heavy (non-hydrogen) atoms. The second-order valence-corrected chi connectivity index (χ2v) is 31.8. The number of hydrogen-bond acceptors (Lipinski definition) is 4. The first kappa shape index (κ1) is 55.3. The van der Waals surface area contributed by atoms with Crippen molar-refractivity contribution in [2.45, 2.75) is 122 Å². The Morgan fingerprint density at radius 1 is 0.284 bits per heavy atom. The van der Waals surface area contributed by atoms with E-state index in [0.29, 0.717) is 0 Å². The van der Waals surface area contributed by atoms with Crippen LogP contribution >= 0.6 is 0 Å². The van der Waals surface area contributed by atoms with E-state index in [0.717, 1.165) is 72.5 Å². The minimum absolute atomic E-state index is 0.0296. The summed E-state index contributed by atoms with van der Waals surface area (Å²) < 4.78 is 21.4. The van der Waals surface area contributed by atoms with E-state index in [9.17, 15) is 0 Å². The summed E-state index contributed by atoms with van der Waals surface area (Å²) in [7, 11) is 0. The highest BCUT2D eigenvalue weighted by Crippen LogP contribution is 2.67. The molecule has 460 valence electrons. The average Bonchev–Trinajstić information content (AvgIpc) is 1.52. The highest BCUT2D eigenvalue weighted by molar-refractivity contribution is 6.23. The normalized spacial score (nSPS) is 16.5. The smallest absolute Gasteiger partial charge is 0.144 e. The summed E-state index contributed by atoms with van der Waals surface area (Å²) in [4.78, 5) is 2.58. The summed E-state index contributed by atoms with van der Waals surface area (Å²) in [5.74, 6) is 0. The molecule has 0 N–H and O–H groups in total. The first-order valence-corrected chi connectivity index (χ1v) is 34.1. The predicted molar refractivity (Wildman–Crippen MR) is 395 cm³/mol. The van der Waals surface area contributed by atoms with Crippen molar-refractivity contribution in [3.05, 3.63) is 267 Å². The monoisotopic (exact) mass is 1230 g/mol. The molecule has 12 aromatic carbocycles. The minimum Gasteiger partial charge on any atom is -0.455 e. The lowest BCUT2D eigenvalue weighted by Gasteiger charge is -2.33. The number of hydrogen-bond donors (Lipinski definition) is 0. The highest BCUT2D eigenvalue weighted by atomic mass is 16.3. The quantitative estimate of drug-likeness (QED) is 0.176. The lowest BCUT2D eigenvalue weighted by atomic mass is 9.72. The van der Waals surface area contributed by atoms with Gasteiger partial charge in [-0.1, -0.05) is 236 Å². The van der Waals surface area contributed by atoms with Gasteiger partial charge in [-0.15, -0.1) is 0 Å². The molecule has 3 aromatic heterocycles. The lowest BCUT2D eigenvalue weighted by Crippen LogP contribution is -2.24. The number of benzene rings is 12. The molecule has 0 atom stereocenters. The van der Waals surface area contributed by atoms with Gasteiger partial charge in [0.15, 0.2) is 0 Å². The van der Waals surface area contributed by atoms with Crippen LogP contribution in [0.3, 0.4) is 0 Å². The summed E-state index contributed by atoms with van der Waals surface area (Å²) in [5.41, 5.74) is 37.0. The number of furan rings is 3. The Morgan fingerprint density at radius 2 is 0.632 bits per heavy atom. The van der Waals surface area contributed by atoms with Crippen molar-refractivity contribution in [1.29, 1.82) is 0 Å². The first-order valence-electron chi connectivity index (χ1n) is 34.1. The maximum Gasteiger partial charge on any atom is 0.144 e. The third-order valence-corrected chi connectivity index (χ3v) is 23.9. The molecule has 4 heteroatoms. The van der Waals surface area contributed by atoms with Crippen LogP contribution in [0.15, 0.2) is 220 Å². The summed E-state index contributed by atoms with van der Waals surface area (Å²) in [6, 6.07) is 77.9. The van der Waals surface area contributed by atoms with Crippen LogP contribution in [-0.2, 0) is 32.5 Å². The van der Waals surface area contributed by atoms with Gasteiger partial charge in [0.1, 0.15) is 33.5 Å². The fourth-order valence-electron chi connectivity index (χ4n) is 19.3. The summed E-state index contributed by atoms with van der Waals surface area (Å²) in [6.45, 7) is 31.4. The maximum absolute atomic E-state index is 7.22. The molecule has 0 spiro atoms. The van der Waals surface area contributed by atoms with Crippen LogP contribution in [0.1, 0.15) is 151 Å². The van der Waals surface area contributed by atoms with Crippen molar-refractivity contribution in [3.8, 4) is 66.8 Å². The molecular weight excluding hydrogens is 1160 g/mol. The van der Waals surface area contributed by atoms with E-state index in [1.807, 2.05) is 0 Å². The van der Waals surface area contributed by atoms with E-state index in [4.69, 9.17) is 13.3 Å². The first-order chi connectivity index (χ1) is 45.6. The Morgan fingerprint density at radius 3 is 1.09 bits per heavy atom. The van der Waals surface area contributed by atoms with Gasteiger partial charge in [-0.2, -0.15) is 0 Å². The van der Waals surface area contributed by atoms with Gasteiger partial charge >= 0.3 is 0 Å². The molecule has 4 nitrogen and oxygen atoms in total. The topological polar surface area (TPSA) is 42.7 Å². The van der Waals surface area contributed by atoms with E-state index < -0.39 is 16.2 Å². The van der Waals surface area contributed by atoms with Crippen LogP contribution in [0, 0.1) is 0 Å². The molecule has 0 unspecified atom stereocenters. The zero-order valence-electron chi connectivity index (χ0n) is 56.3. The molecule has 0 amide bonds. The van der Waals surface area contributed by atoms with Crippen LogP contribution in [0.4, 0.5) is 17.1 Å². The Kier molecular flexibility index (Phi) is 10.4. The van der Waals surface area contributed by atoms with E-state index in [2.05, 4.69) is 301 Å². The number of rotatable bonds is 4. The van der Waals surface area contributed by atoms with E-state index in [1.165, 1.54) is 138 Å². The van der Waals surface area contributed by atoms with Gasteiger partial charge < -0.3 is 18.2 Å². The Labute approximate surface area is 554 Å². The molecule has 0 radical (unpaired) electrons. The molecule has 3 heterocycles. The molecule has 0 saturated heterocycles. The van der Waals surface area contributed by atoms with Gasteiger partial charge in [0, 0.05) is 93.1 Å². The fraction of sp³-hybridized carbons (Fsp3) is 0.209. The predicted octanol–water partition coefficient (Wildman–Crippen LogP) is 25.4. The van der Waals surface area contributed by atoms with E-state index >= 15 is 0 Å². The van der Waals surface area contributed by atoms with Crippen molar-refractivity contribution in [3.63, 3.8) is 0 Å².